The summed E-state index contributed by atoms with van der Waals surface area (Å²) < 4.78 is 25.3. The zero-order chi connectivity index (χ0) is 13.2. The monoisotopic (exact) mass is 248 g/mol. The van der Waals surface area contributed by atoms with E-state index in [0.29, 0.717) is 6.20 Å². The van der Waals surface area contributed by atoms with Crippen LogP contribution < -0.4 is 0 Å². The number of rotatable bonds is 4. The van der Waals surface area contributed by atoms with Gasteiger partial charge in [0.2, 0.25) is 0 Å². The van der Waals surface area contributed by atoms with Gasteiger partial charge in [-0.3, -0.25) is 4.79 Å². The van der Waals surface area contributed by atoms with Crippen molar-refractivity contribution in [1.82, 2.24) is 4.98 Å². The van der Waals surface area contributed by atoms with Crippen molar-refractivity contribution >= 4 is 11.8 Å². The third-order valence-corrected chi connectivity index (χ3v) is 1.90. The Balaban J connectivity index is 3.48. The summed E-state index contributed by atoms with van der Waals surface area (Å²) in [6, 6.07) is 0. The Bertz CT molecular complexity index is 477. The van der Waals surface area contributed by atoms with Crippen LogP contribution in [-0.4, -0.2) is 26.1 Å². The van der Waals surface area contributed by atoms with E-state index in [1.807, 2.05) is 0 Å². The lowest BCUT2D eigenvalue weighted by molar-refractivity contribution is -0.391. The van der Waals surface area contributed by atoms with Crippen LogP contribution in [0, 0.1) is 10.1 Å². The minimum Gasteiger partial charge on any atom is -0.504 e. The van der Waals surface area contributed by atoms with Gasteiger partial charge in [-0.05, 0) is 9.91 Å². The van der Waals surface area contributed by atoms with Gasteiger partial charge in [0.1, 0.15) is 5.56 Å². The molecule has 1 aromatic heterocycles. The number of halogens is 2. The maximum absolute atomic E-state index is 12.6. The molecule has 1 rings (SSSR count). The zero-order valence-electron chi connectivity index (χ0n) is 8.13. The maximum Gasteiger partial charge on any atom is 0.372 e. The van der Waals surface area contributed by atoms with Crippen LogP contribution in [0.25, 0.3) is 0 Å². The Morgan fingerprint density at radius 2 is 2.18 bits per heavy atom. The molecule has 0 amide bonds. The predicted molar refractivity (Wildman–Crippen MR) is 48.9 cm³/mol. The molecule has 0 spiro atoms. The minimum atomic E-state index is -3.30. The van der Waals surface area contributed by atoms with Gasteiger partial charge < -0.3 is 20.3 Å². The van der Waals surface area contributed by atoms with Crippen molar-refractivity contribution in [2.75, 3.05) is 0 Å². The molecule has 0 radical (unpaired) electrons. The molecule has 0 fully saturated rings. The average Bonchev–Trinajstić information content (AvgIpc) is 2.19. The number of aliphatic carboxylic acids is 1. The maximum atomic E-state index is 12.6. The van der Waals surface area contributed by atoms with Gasteiger partial charge in [-0.2, -0.15) is 0 Å². The topological polar surface area (TPSA) is 114 Å². The summed E-state index contributed by atoms with van der Waals surface area (Å²) in [5.41, 5.74) is -1.87. The number of pyridine rings is 1. The number of nitrogens with zero attached hydrogens (tertiary/aromatic N) is 2. The van der Waals surface area contributed by atoms with Gasteiger partial charge in [-0.1, -0.05) is 0 Å². The van der Waals surface area contributed by atoms with Crippen molar-refractivity contribution in [3.05, 3.63) is 27.4 Å². The third kappa shape index (κ3) is 2.62. The second kappa shape index (κ2) is 4.68. The highest BCUT2D eigenvalue weighted by atomic mass is 19.3. The van der Waals surface area contributed by atoms with E-state index in [2.05, 4.69) is 4.98 Å². The number of carboxylic acid groups (broad SMARTS) is 1. The predicted octanol–water partition coefficient (Wildman–Crippen LogP) is 1.26. The van der Waals surface area contributed by atoms with Crippen LogP contribution in [-0.2, 0) is 11.2 Å². The second-order valence-electron chi connectivity index (χ2n) is 2.99. The smallest absolute Gasteiger partial charge is 0.372 e. The summed E-state index contributed by atoms with van der Waals surface area (Å²) in [4.78, 5) is 22.8. The molecule has 0 atom stereocenters. The Morgan fingerprint density at radius 1 is 1.59 bits per heavy atom. The number of carboxylic acids is 1. The number of aromatic nitrogens is 1. The first-order chi connectivity index (χ1) is 7.84. The molecule has 1 heterocycles. The van der Waals surface area contributed by atoms with Crippen LogP contribution >= 0.6 is 0 Å². The highest BCUT2D eigenvalue weighted by Crippen LogP contribution is 2.35. The molecule has 0 bridgehead atoms. The molecule has 9 heteroatoms. The molecule has 0 aliphatic heterocycles. The molecule has 0 unspecified atom stereocenters. The molecule has 0 aromatic carbocycles. The molecule has 1 aromatic rings. The first kappa shape index (κ1) is 12.7. The molecule has 0 saturated heterocycles. The first-order valence-corrected chi connectivity index (χ1v) is 4.19. The quantitative estimate of drug-likeness (QED) is 0.612. The molecule has 0 aliphatic carbocycles. The van der Waals surface area contributed by atoms with Crippen LogP contribution in [0.2, 0.25) is 0 Å². The van der Waals surface area contributed by atoms with Crippen LogP contribution in [0.5, 0.6) is 5.75 Å². The fourth-order valence-electron chi connectivity index (χ4n) is 1.25. The summed E-state index contributed by atoms with van der Waals surface area (Å²) in [6.45, 7) is 0. The number of hydrogen-bond acceptors (Lipinski definition) is 5. The average molecular weight is 248 g/mol. The van der Waals surface area contributed by atoms with E-state index in [4.69, 9.17) is 5.11 Å². The van der Waals surface area contributed by atoms with Gasteiger partial charge in [0.15, 0.2) is 11.9 Å². The van der Waals surface area contributed by atoms with Gasteiger partial charge in [0.05, 0.1) is 6.42 Å². The van der Waals surface area contributed by atoms with E-state index in [9.17, 15) is 28.8 Å². The SMILES string of the molecule is O=C(O)Cc1c(O)cnc([N+](=O)[O-])c1C(F)F. The highest BCUT2D eigenvalue weighted by Gasteiger charge is 2.30. The number of nitro groups is 1. The van der Waals surface area contributed by atoms with E-state index in [1.165, 1.54) is 0 Å². The lowest BCUT2D eigenvalue weighted by Gasteiger charge is -2.08. The molecule has 2 N–H and O–H groups in total. The normalized spacial score (nSPS) is 10.5. The van der Waals surface area contributed by atoms with Crippen LogP contribution in [0.15, 0.2) is 6.20 Å². The Hall–Kier alpha value is -2.32. The van der Waals surface area contributed by atoms with Crippen molar-refractivity contribution in [2.24, 2.45) is 0 Å². The molecule has 0 aliphatic rings. The molecule has 0 saturated carbocycles. The molecule has 17 heavy (non-hydrogen) atoms. The van der Waals surface area contributed by atoms with Gasteiger partial charge >= 0.3 is 11.8 Å². The van der Waals surface area contributed by atoms with Crippen LogP contribution in [0.3, 0.4) is 0 Å². The van der Waals surface area contributed by atoms with Gasteiger partial charge in [-0.25, -0.2) is 8.78 Å². The van der Waals surface area contributed by atoms with Crippen molar-refractivity contribution < 1.29 is 28.7 Å². The molecule has 92 valence electrons. The number of aromatic hydroxyl groups is 1. The van der Waals surface area contributed by atoms with Gasteiger partial charge in [0.25, 0.3) is 6.43 Å². The fraction of sp³-hybridized carbons (Fsp3) is 0.250. The largest absolute Gasteiger partial charge is 0.504 e. The summed E-state index contributed by atoms with van der Waals surface area (Å²) in [5, 5.41) is 28.2. The van der Waals surface area contributed by atoms with Gasteiger partial charge in [0, 0.05) is 5.56 Å². The number of alkyl halides is 2. The van der Waals surface area contributed by atoms with E-state index in [-0.39, 0.29) is 0 Å². The Labute approximate surface area is 92.5 Å². The number of carbonyl (C=O) groups is 1. The van der Waals surface area contributed by atoms with Crippen molar-refractivity contribution in [1.29, 1.82) is 0 Å². The van der Waals surface area contributed by atoms with E-state index in [0.717, 1.165) is 0 Å². The summed E-state index contributed by atoms with van der Waals surface area (Å²) in [6.07, 6.45) is -3.68. The zero-order valence-corrected chi connectivity index (χ0v) is 8.13. The minimum absolute atomic E-state index is 0.572. The second-order valence-corrected chi connectivity index (χ2v) is 2.99. The fourth-order valence-corrected chi connectivity index (χ4v) is 1.25. The number of hydrogen-bond donors (Lipinski definition) is 2. The summed E-state index contributed by atoms with van der Waals surface area (Å²) >= 11 is 0. The summed E-state index contributed by atoms with van der Waals surface area (Å²) in [5.74, 6) is -3.47. The van der Waals surface area contributed by atoms with E-state index < -0.39 is 46.4 Å². The molecule has 7 nitrogen and oxygen atoms in total. The van der Waals surface area contributed by atoms with Crippen LogP contribution in [0.1, 0.15) is 17.6 Å². The van der Waals surface area contributed by atoms with Crippen molar-refractivity contribution in [2.45, 2.75) is 12.8 Å². The van der Waals surface area contributed by atoms with E-state index >= 15 is 0 Å². The summed E-state index contributed by atoms with van der Waals surface area (Å²) in [7, 11) is 0. The van der Waals surface area contributed by atoms with Crippen LogP contribution in [0.4, 0.5) is 14.6 Å². The molecular weight excluding hydrogens is 242 g/mol. The lowest BCUT2D eigenvalue weighted by atomic mass is 10.1. The molecular formula is C8H6F2N2O5. The first-order valence-electron chi connectivity index (χ1n) is 4.19. The van der Waals surface area contributed by atoms with Crippen molar-refractivity contribution in [3.63, 3.8) is 0 Å². The van der Waals surface area contributed by atoms with Gasteiger partial charge in [-0.15, -0.1) is 0 Å². The lowest BCUT2D eigenvalue weighted by Crippen LogP contribution is -2.08. The van der Waals surface area contributed by atoms with E-state index in [1.54, 1.807) is 0 Å². The third-order valence-electron chi connectivity index (χ3n) is 1.90. The standard InChI is InChI=1S/C8H6F2N2O5/c9-7(10)6-3(1-5(14)15)4(13)2-11-8(6)12(16)17/h2,7,13H,1H2,(H,14,15). The van der Waals surface area contributed by atoms with Crippen molar-refractivity contribution in [3.8, 4) is 5.75 Å². The Morgan fingerprint density at radius 3 is 2.59 bits per heavy atom. The Kier molecular flexibility index (Phi) is 3.51. The highest BCUT2D eigenvalue weighted by molar-refractivity contribution is 5.72.